The molecule has 0 aromatic carbocycles. The van der Waals surface area contributed by atoms with E-state index in [2.05, 4.69) is 167 Å². The normalized spacial score (nSPS) is 13.1. The summed E-state index contributed by atoms with van der Waals surface area (Å²) in [5.41, 5.74) is 0. The molecule has 1 unspecified atom stereocenters. The quantitative estimate of drug-likeness (QED) is 0.0261. The zero-order valence-electron chi connectivity index (χ0n) is 49.7. The maximum absolute atomic E-state index is 12.9. The van der Waals surface area contributed by atoms with Crippen molar-refractivity contribution >= 4 is 17.9 Å². The molecule has 0 heterocycles. The van der Waals surface area contributed by atoms with E-state index in [1.54, 1.807) is 0 Å². The van der Waals surface area contributed by atoms with Crippen LogP contribution in [0.5, 0.6) is 0 Å². The summed E-state index contributed by atoms with van der Waals surface area (Å²) in [6.45, 7) is 6.34. The van der Waals surface area contributed by atoms with Crippen LogP contribution in [0.4, 0.5) is 0 Å². The molecule has 0 aromatic rings. The summed E-state index contributed by atoms with van der Waals surface area (Å²) >= 11 is 0. The first-order chi connectivity index (χ1) is 38.0. The van der Waals surface area contributed by atoms with Gasteiger partial charge in [-0.25, -0.2) is 0 Å². The molecule has 6 nitrogen and oxygen atoms in total. The fourth-order valence-electron chi connectivity index (χ4n) is 8.17. The van der Waals surface area contributed by atoms with Gasteiger partial charge in [-0.2, -0.15) is 0 Å². The van der Waals surface area contributed by atoms with Crippen LogP contribution in [0.1, 0.15) is 265 Å². The van der Waals surface area contributed by atoms with Crippen LogP contribution >= 0.6 is 0 Å². The number of carbonyl (C=O) groups excluding carboxylic acids is 3. The van der Waals surface area contributed by atoms with Crippen LogP contribution in [-0.4, -0.2) is 37.2 Å². The topological polar surface area (TPSA) is 78.9 Å². The van der Waals surface area contributed by atoms with Crippen LogP contribution in [0, 0.1) is 0 Å². The van der Waals surface area contributed by atoms with Crippen molar-refractivity contribution in [1.82, 2.24) is 0 Å². The molecule has 0 rings (SSSR count). The van der Waals surface area contributed by atoms with Gasteiger partial charge in [0.05, 0.1) is 0 Å². The molecule has 6 heteroatoms. The van der Waals surface area contributed by atoms with Crippen molar-refractivity contribution in [2.75, 3.05) is 13.2 Å². The van der Waals surface area contributed by atoms with Gasteiger partial charge in [0.15, 0.2) is 6.10 Å². The lowest BCUT2D eigenvalue weighted by Gasteiger charge is -2.18. The van der Waals surface area contributed by atoms with E-state index in [1.165, 1.54) is 83.5 Å². The van der Waals surface area contributed by atoms with Crippen LogP contribution in [0.2, 0.25) is 0 Å². The first-order valence-corrected chi connectivity index (χ1v) is 31.3. The summed E-state index contributed by atoms with van der Waals surface area (Å²) in [7, 11) is 0. The molecular formula is C71H114O6. The Hall–Kier alpha value is -4.71. The van der Waals surface area contributed by atoms with E-state index >= 15 is 0 Å². The highest BCUT2D eigenvalue weighted by Gasteiger charge is 2.19. The second-order valence-corrected chi connectivity index (χ2v) is 20.2. The van der Waals surface area contributed by atoms with E-state index in [0.29, 0.717) is 19.3 Å². The highest BCUT2D eigenvalue weighted by molar-refractivity contribution is 5.71. The number of unbranched alkanes of at least 4 members (excludes halogenated alkanes) is 20. The van der Waals surface area contributed by atoms with Crippen LogP contribution in [0.25, 0.3) is 0 Å². The lowest BCUT2D eigenvalue weighted by molar-refractivity contribution is -0.167. The zero-order valence-corrected chi connectivity index (χ0v) is 49.7. The molecule has 0 amide bonds. The van der Waals surface area contributed by atoms with E-state index in [9.17, 15) is 14.4 Å². The molecule has 0 radical (unpaired) electrons. The molecule has 0 saturated carbocycles. The van der Waals surface area contributed by atoms with Crippen LogP contribution in [0.15, 0.2) is 146 Å². The molecular weight excluding hydrogens is 949 g/mol. The predicted molar refractivity (Wildman–Crippen MR) is 334 cm³/mol. The SMILES string of the molecule is CC/C=C\C/C=C\C/C=C\C/C=C\C/C=C\C/C=C\C/C=C\CCCCCC(=O)OCC(COC(=O)CCCCC/C=C\C/C=C\C/C=C\CC)OC(=O)CCCCCCCCCCC/C=C\C/C=C\CCCCCCC. The molecule has 0 bridgehead atoms. The first kappa shape index (κ1) is 72.3. The predicted octanol–water partition coefficient (Wildman–Crippen LogP) is 21.5. The highest BCUT2D eigenvalue weighted by atomic mass is 16.6. The van der Waals surface area contributed by atoms with Gasteiger partial charge in [0.1, 0.15) is 13.2 Å². The molecule has 0 aliphatic heterocycles. The number of allylic oxidation sites excluding steroid dienone is 24. The van der Waals surface area contributed by atoms with Crippen LogP contribution in [-0.2, 0) is 28.6 Å². The zero-order chi connectivity index (χ0) is 55.7. The smallest absolute Gasteiger partial charge is 0.306 e. The number of hydrogen-bond donors (Lipinski definition) is 0. The van der Waals surface area contributed by atoms with Gasteiger partial charge in [-0.05, 0) is 141 Å². The van der Waals surface area contributed by atoms with Crippen molar-refractivity contribution in [2.24, 2.45) is 0 Å². The molecule has 77 heavy (non-hydrogen) atoms. The third-order valence-corrected chi connectivity index (χ3v) is 12.8. The van der Waals surface area contributed by atoms with Gasteiger partial charge in [0.2, 0.25) is 0 Å². The Balaban J connectivity index is 4.46. The van der Waals surface area contributed by atoms with Crippen molar-refractivity contribution in [3.05, 3.63) is 146 Å². The summed E-state index contributed by atoms with van der Waals surface area (Å²) in [6, 6.07) is 0. The van der Waals surface area contributed by atoms with Gasteiger partial charge >= 0.3 is 17.9 Å². The van der Waals surface area contributed by atoms with Gasteiger partial charge in [0, 0.05) is 19.3 Å². The minimum absolute atomic E-state index is 0.111. The van der Waals surface area contributed by atoms with Crippen molar-refractivity contribution in [2.45, 2.75) is 271 Å². The van der Waals surface area contributed by atoms with Gasteiger partial charge in [-0.3, -0.25) is 14.4 Å². The summed E-state index contributed by atoms with van der Waals surface area (Å²) in [5.74, 6) is -0.977. The molecule has 1 atom stereocenters. The molecule has 434 valence electrons. The minimum Gasteiger partial charge on any atom is -0.462 e. The molecule has 0 spiro atoms. The molecule has 0 aromatic heterocycles. The molecule has 0 aliphatic rings. The third kappa shape index (κ3) is 62.0. The number of esters is 3. The Morgan fingerprint density at radius 3 is 0.805 bits per heavy atom. The van der Waals surface area contributed by atoms with Crippen molar-refractivity contribution in [3.8, 4) is 0 Å². The van der Waals surface area contributed by atoms with E-state index in [-0.39, 0.29) is 31.1 Å². The lowest BCUT2D eigenvalue weighted by Crippen LogP contribution is -2.30. The number of carbonyl (C=O) groups is 3. The highest BCUT2D eigenvalue weighted by Crippen LogP contribution is 2.14. The standard InChI is InChI=1S/C71H114O6/c1-4-7-10-13-16-19-22-25-27-29-31-33-34-35-36-38-39-41-43-46-49-52-55-58-61-64-70(73)76-67-68(66-75-69(72)63-60-57-54-51-48-45-24-21-18-15-12-9-6-3)77-71(74)65-62-59-56-53-50-47-44-42-40-37-32-30-28-26-23-20-17-14-11-8-5-2/h7,9-10,12,16,18-19,21,23,25-27,30-33,35-36,39,41,45-46,48-49,68H,4-6,8,11,13-15,17,20,22,24,28-29,34,37-38,40,42-44,47,50-67H2,1-3H3/b10-7-,12-9-,19-16-,21-18-,26-23-,27-25-,32-30-,33-31-,36-35-,41-39-,48-45-,49-46-. The van der Waals surface area contributed by atoms with E-state index < -0.39 is 6.10 Å². The molecule has 0 saturated heterocycles. The third-order valence-electron chi connectivity index (χ3n) is 12.8. The van der Waals surface area contributed by atoms with E-state index in [0.717, 1.165) is 141 Å². The summed E-state index contributed by atoms with van der Waals surface area (Å²) in [5, 5.41) is 0. The fraction of sp³-hybridized carbons (Fsp3) is 0.620. The lowest BCUT2D eigenvalue weighted by atomic mass is 10.1. The number of ether oxygens (including phenoxy) is 3. The van der Waals surface area contributed by atoms with Crippen molar-refractivity contribution in [3.63, 3.8) is 0 Å². The second kappa shape index (κ2) is 63.8. The maximum atomic E-state index is 12.9. The first-order valence-electron chi connectivity index (χ1n) is 31.3. The van der Waals surface area contributed by atoms with Gasteiger partial charge in [0.25, 0.3) is 0 Å². The van der Waals surface area contributed by atoms with Gasteiger partial charge in [-0.1, -0.05) is 250 Å². The Labute approximate surface area is 474 Å². The molecule has 0 N–H and O–H groups in total. The summed E-state index contributed by atoms with van der Waals surface area (Å²) < 4.78 is 16.9. The fourth-order valence-corrected chi connectivity index (χ4v) is 8.17. The monoisotopic (exact) mass is 1060 g/mol. The van der Waals surface area contributed by atoms with E-state index in [1.807, 2.05) is 0 Å². The number of rotatable bonds is 55. The average Bonchev–Trinajstić information content (AvgIpc) is 3.43. The van der Waals surface area contributed by atoms with Gasteiger partial charge < -0.3 is 14.2 Å². The van der Waals surface area contributed by atoms with Crippen LogP contribution < -0.4 is 0 Å². The minimum atomic E-state index is -0.814. The Bertz CT molecular complexity index is 1700. The average molecular weight is 1060 g/mol. The van der Waals surface area contributed by atoms with Crippen LogP contribution in [0.3, 0.4) is 0 Å². The maximum Gasteiger partial charge on any atom is 0.306 e. The number of hydrogen-bond acceptors (Lipinski definition) is 6. The Morgan fingerprint density at radius 2 is 0.506 bits per heavy atom. The van der Waals surface area contributed by atoms with Crippen molar-refractivity contribution < 1.29 is 28.6 Å². The van der Waals surface area contributed by atoms with Crippen molar-refractivity contribution in [1.29, 1.82) is 0 Å². The van der Waals surface area contributed by atoms with E-state index in [4.69, 9.17) is 14.2 Å². The molecule has 0 fully saturated rings. The molecule has 0 aliphatic carbocycles. The second-order valence-electron chi connectivity index (χ2n) is 20.2. The Kier molecular flexibility index (Phi) is 59.9. The summed E-state index contributed by atoms with van der Waals surface area (Å²) in [4.78, 5) is 38.3. The Morgan fingerprint density at radius 1 is 0.273 bits per heavy atom. The van der Waals surface area contributed by atoms with Gasteiger partial charge in [-0.15, -0.1) is 0 Å². The largest absolute Gasteiger partial charge is 0.462 e. The summed E-state index contributed by atoms with van der Waals surface area (Å²) in [6.07, 6.45) is 91.3.